The molecule has 2 aromatic rings. The maximum atomic E-state index is 12.0. The minimum Gasteiger partial charge on any atom is -0.508 e. The van der Waals surface area contributed by atoms with E-state index in [0.29, 0.717) is 11.3 Å². The van der Waals surface area contributed by atoms with E-state index in [0.717, 1.165) is 10.8 Å². The van der Waals surface area contributed by atoms with E-state index in [4.69, 9.17) is 5.26 Å². The Morgan fingerprint density at radius 2 is 2.04 bits per heavy atom. The number of aromatic nitrogens is 1. The molecule has 0 radical (unpaired) electrons. The number of aromatic hydroxyl groups is 2. The number of aryl methyl sites for hydroxylation is 1. The molecule has 0 aliphatic carbocycles. The first kappa shape index (κ1) is 17.7. The molecule has 8 heteroatoms. The zero-order chi connectivity index (χ0) is 18.7. The number of urea groups is 1. The number of rotatable bonds is 2. The van der Waals surface area contributed by atoms with E-state index in [1.807, 2.05) is 0 Å². The first-order chi connectivity index (χ1) is 11.8. The highest BCUT2D eigenvalue weighted by molar-refractivity contribution is 5.99. The summed E-state index contributed by atoms with van der Waals surface area (Å²) >= 11 is 0. The lowest BCUT2D eigenvalue weighted by atomic mass is 10.1. The molecule has 2 amide bonds. The van der Waals surface area contributed by atoms with Crippen LogP contribution >= 0.6 is 0 Å². The van der Waals surface area contributed by atoms with E-state index in [1.54, 1.807) is 13.0 Å². The van der Waals surface area contributed by atoms with Crippen LogP contribution in [0.5, 0.6) is 11.6 Å². The maximum absolute atomic E-state index is 12.0. The van der Waals surface area contributed by atoms with Crippen molar-refractivity contribution in [2.75, 3.05) is 5.32 Å². The molecule has 8 nitrogen and oxygen atoms in total. The average Bonchev–Trinajstić information content (AvgIpc) is 2.56. The van der Waals surface area contributed by atoms with Gasteiger partial charge in [0, 0.05) is 18.9 Å². The van der Waals surface area contributed by atoms with Crippen molar-refractivity contribution < 1.29 is 15.0 Å². The molecule has 1 aromatic carbocycles. The Morgan fingerprint density at radius 1 is 1.36 bits per heavy atom. The van der Waals surface area contributed by atoms with Gasteiger partial charge in [-0.05, 0) is 43.2 Å². The molecule has 0 saturated heterocycles. The van der Waals surface area contributed by atoms with Crippen molar-refractivity contribution in [3.8, 4) is 17.7 Å². The monoisotopic (exact) mass is 340 g/mol. The van der Waals surface area contributed by atoms with E-state index >= 15 is 0 Å². The van der Waals surface area contributed by atoms with E-state index in [1.165, 1.54) is 32.2 Å². The van der Waals surface area contributed by atoms with Crippen LogP contribution in [0.3, 0.4) is 0 Å². The molecular weight excluding hydrogens is 324 g/mol. The average molecular weight is 340 g/mol. The van der Waals surface area contributed by atoms with Gasteiger partial charge in [-0.3, -0.25) is 9.36 Å². The van der Waals surface area contributed by atoms with Crippen LogP contribution in [0, 0.1) is 25.2 Å². The lowest BCUT2D eigenvalue weighted by Gasteiger charge is -2.10. The molecule has 0 bridgehead atoms. The van der Waals surface area contributed by atoms with Gasteiger partial charge in [0.1, 0.15) is 17.4 Å². The number of aliphatic imine (C=N–C) groups is 1. The van der Waals surface area contributed by atoms with Crippen molar-refractivity contribution in [2.45, 2.75) is 13.8 Å². The number of phenols is 1. The lowest BCUT2D eigenvalue weighted by molar-refractivity contribution is 0.259. The molecule has 1 aromatic heterocycles. The molecular formula is C17H16N4O4. The SMILES string of the molecule is Cc1cc(O)ccc1NC(=O)N=Cc1c(C)c(C#N)c(=O)n(C)c1O. The molecule has 0 spiro atoms. The quantitative estimate of drug-likeness (QED) is 0.568. The minimum absolute atomic E-state index is 0.0776. The standard InChI is InChI=1S/C17H16N4O4/c1-9-6-11(22)4-5-14(9)20-17(25)19-8-13-10(2)12(7-18)15(23)21(3)16(13)24/h4-6,8,22,24H,1-3H3,(H,20,25). The van der Waals surface area contributed by atoms with E-state index in [-0.39, 0.29) is 28.3 Å². The van der Waals surface area contributed by atoms with E-state index in [2.05, 4.69) is 10.3 Å². The van der Waals surface area contributed by atoms with Crippen molar-refractivity contribution in [3.05, 3.63) is 50.8 Å². The van der Waals surface area contributed by atoms with Crippen LogP contribution in [0.1, 0.15) is 22.3 Å². The Labute approximate surface area is 143 Å². The molecule has 2 rings (SSSR count). The summed E-state index contributed by atoms with van der Waals surface area (Å²) in [7, 11) is 1.31. The van der Waals surface area contributed by atoms with Crippen molar-refractivity contribution in [1.82, 2.24) is 4.57 Å². The van der Waals surface area contributed by atoms with Crippen LogP contribution in [0.15, 0.2) is 28.0 Å². The van der Waals surface area contributed by atoms with Gasteiger partial charge in [0.05, 0.1) is 5.56 Å². The van der Waals surface area contributed by atoms with Crippen molar-refractivity contribution in [3.63, 3.8) is 0 Å². The number of amides is 2. The predicted octanol–water partition coefficient (Wildman–Crippen LogP) is 1.94. The summed E-state index contributed by atoms with van der Waals surface area (Å²) < 4.78 is 0.912. The highest BCUT2D eigenvalue weighted by Gasteiger charge is 2.16. The fourth-order valence-corrected chi connectivity index (χ4v) is 2.25. The first-order valence-corrected chi connectivity index (χ1v) is 7.23. The zero-order valence-electron chi connectivity index (χ0n) is 13.9. The smallest absolute Gasteiger partial charge is 0.345 e. The third-order valence-corrected chi connectivity index (χ3v) is 3.73. The van der Waals surface area contributed by atoms with Crippen molar-refractivity contribution >= 4 is 17.9 Å². The van der Waals surface area contributed by atoms with Crippen LogP contribution < -0.4 is 10.9 Å². The number of carbonyl (C=O) groups excluding carboxylic acids is 1. The number of anilines is 1. The Bertz CT molecular complexity index is 984. The van der Waals surface area contributed by atoms with Gasteiger partial charge in [-0.25, -0.2) is 9.79 Å². The number of hydrogen-bond donors (Lipinski definition) is 3. The highest BCUT2D eigenvalue weighted by atomic mass is 16.3. The second-order valence-electron chi connectivity index (χ2n) is 5.40. The van der Waals surface area contributed by atoms with Gasteiger partial charge in [0.2, 0.25) is 5.88 Å². The number of nitriles is 1. The van der Waals surface area contributed by atoms with Gasteiger partial charge >= 0.3 is 6.03 Å². The molecule has 0 unspecified atom stereocenters. The largest absolute Gasteiger partial charge is 0.508 e. The summed E-state index contributed by atoms with van der Waals surface area (Å²) in [6, 6.07) is 5.51. The topological polar surface area (TPSA) is 128 Å². The van der Waals surface area contributed by atoms with Gasteiger partial charge in [-0.1, -0.05) is 0 Å². The maximum Gasteiger partial charge on any atom is 0.345 e. The second-order valence-corrected chi connectivity index (χ2v) is 5.40. The third-order valence-electron chi connectivity index (χ3n) is 3.73. The highest BCUT2D eigenvalue weighted by Crippen LogP contribution is 2.21. The Kier molecular flexibility index (Phi) is 4.89. The summed E-state index contributed by atoms with van der Waals surface area (Å²) in [5.41, 5.74) is 0.711. The number of nitrogens with one attached hydrogen (secondary N) is 1. The van der Waals surface area contributed by atoms with Gasteiger partial charge in [0.25, 0.3) is 5.56 Å². The molecule has 3 N–H and O–H groups in total. The van der Waals surface area contributed by atoms with Crippen LogP contribution in [-0.4, -0.2) is 27.0 Å². The number of phenolic OH excluding ortho intramolecular Hbond substituents is 1. The van der Waals surface area contributed by atoms with Crippen LogP contribution in [0.2, 0.25) is 0 Å². The predicted molar refractivity (Wildman–Crippen MR) is 92.3 cm³/mol. The lowest BCUT2D eigenvalue weighted by Crippen LogP contribution is -2.22. The number of benzene rings is 1. The summed E-state index contributed by atoms with van der Waals surface area (Å²) in [4.78, 5) is 27.5. The third kappa shape index (κ3) is 3.50. The summed E-state index contributed by atoms with van der Waals surface area (Å²) in [6.07, 6.45) is 1.09. The Balaban J connectivity index is 2.33. The van der Waals surface area contributed by atoms with Gasteiger partial charge in [-0.15, -0.1) is 0 Å². The van der Waals surface area contributed by atoms with Gasteiger partial charge < -0.3 is 15.5 Å². The molecule has 0 fully saturated rings. The van der Waals surface area contributed by atoms with Crippen LogP contribution in [-0.2, 0) is 7.05 Å². The molecule has 0 aliphatic rings. The molecule has 128 valence electrons. The Hall–Kier alpha value is -3.60. The number of pyridine rings is 1. The number of hydrogen-bond acceptors (Lipinski definition) is 5. The molecule has 0 saturated carbocycles. The summed E-state index contributed by atoms with van der Waals surface area (Å²) in [5.74, 6) is -0.312. The molecule has 1 heterocycles. The molecule has 0 aliphatic heterocycles. The fourth-order valence-electron chi connectivity index (χ4n) is 2.25. The van der Waals surface area contributed by atoms with E-state index in [9.17, 15) is 19.8 Å². The van der Waals surface area contributed by atoms with Gasteiger partial charge in [-0.2, -0.15) is 5.26 Å². The zero-order valence-corrected chi connectivity index (χ0v) is 13.9. The molecule has 25 heavy (non-hydrogen) atoms. The normalized spacial score (nSPS) is 10.6. The fraction of sp³-hybridized carbons (Fsp3) is 0.176. The number of carbonyl (C=O) groups is 1. The number of nitrogens with zero attached hydrogens (tertiary/aromatic N) is 3. The van der Waals surface area contributed by atoms with Crippen LogP contribution in [0.4, 0.5) is 10.5 Å². The second kappa shape index (κ2) is 6.88. The summed E-state index contributed by atoms with van der Waals surface area (Å²) in [6.45, 7) is 3.20. The van der Waals surface area contributed by atoms with E-state index < -0.39 is 11.6 Å². The Morgan fingerprint density at radius 3 is 2.64 bits per heavy atom. The minimum atomic E-state index is -0.708. The van der Waals surface area contributed by atoms with Crippen molar-refractivity contribution in [2.24, 2.45) is 12.0 Å². The van der Waals surface area contributed by atoms with Crippen LogP contribution in [0.25, 0.3) is 0 Å². The summed E-state index contributed by atoms with van der Waals surface area (Å²) in [5, 5.41) is 31.0. The molecule has 0 atom stereocenters. The van der Waals surface area contributed by atoms with Gasteiger partial charge in [0.15, 0.2) is 0 Å². The first-order valence-electron chi connectivity index (χ1n) is 7.23. The van der Waals surface area contributed by atoms with Crippen molar-refractivity contribution in [1.29, 1.82) is 5.26 Å².